The summed E-state index contributed by atoms with van der Waals surface area (Å²) in [6, 6.07) is 5.55. The molecule has 14 heteroatoms. The molecular formula is C23H26F3N7O4. The third kappa shape index (κ3) is 6.55. The van der Waals surface area contributed by atoms with Crippen molar-refractivity contribution >= 4 is 17.4 Å². The van der Waals surface area contributed by atoms with E-state index < -0.39 is 17.3 Å². The molecule has 0 aromatic carbocycles. The molecule has 2 fully saturated rings. The molecule has 0 atom stereocenters. The van der Waals surface area contributed by atoms with Gasteiger partial charge in [-0.05, 0) is 12.1 Å². The Bertz CT molecular complexity index is 1170. The lowest BCUT2D eigenvalue weighted by Gasteiger charge is -2.41. The van der Waals surface area contributed by atoms with Crippen LogP contribution in [0.2, 0.25) is 0 Å². The largest absolute Gasteiger partial charge is 0.423 e. The topological polar surface area (TPSA) is 128 Å². The van der Waals surface area contributed by atoms with Crippen LogP contribution in [0.4, 0.5) is 24.7 Å². The summed E-state index contributed by atoms with van der Waals surface area (Å²) < 4.78 is 50.6. The van der Waals surface area contributed by atoms with Crippen molar-refractivity contribution in [1.29, 1.82) is 5.26 Å². The number of aromatic nitrogens is 3. The monoisotopic (exact) mass is 521 g/mol. The number of hydrogen-bond acceptors (Lipinski definition) is 9. The molecule has 2 aromatic heterocycles. The van der Waals surface area contributed by atoms with Gasteiger partial charge in [0.15, 0.2) is 0 Å². The highest BCUT2D eigenvalue weighted by molar-refractivity contribution is 5.76. The minimum absolute atomic E-state index is 0.00471. The Balaban J connectivity index is 1.08. The van der Waals surface area contributed by atoms with Gasteiger partial charge in [0.2, 0.25) is 5.91 Å². The van der Waals surface area contributed by atoms with Gasteiger partial charge in [-0.2, -0.15) is 23.5 Å². The number of nitrogens with zero attached hydrogens (tertiary/aromatic N) is 6. The molecule has 11 nitrogen and oxygen atoms in total. The van der Waals surface area contributed by atoms with Gasteiger partial charge in [-0.3, -0.25) is 9.59 Å². The average molecular weight is 522 g/mol. The fourth-order valence-electron chi connectivity index (χ4n) is 4.16. The molecule has 0 bridgehead atoms. The maximum absolute atomic E-state index is 13.2. The van der Waals surface area contributed by atoms with Gasteiger partial charge in [0.1, 0.15) is 17.5 Å². The van der Waals surface area contributed by atoms with Crippen LogP contribution in [0.25, 0.3) is 0 Å². The number of H-pyrrole nitrogens is 1. The van der Waals surface area contributed by atoms with Crippen molar-refractivity contribution in [1.82, 2.24) is 20.1 Å². The number of ether oxygens (including phenoxy) is 2. The van der Waals surface area contributed by atoms with Gasteiger partial charge in [0, 0.05) is 45.5 Å². The average Bonchev–Trinajstić information content (AvgIpc) is 2.86. The first kappa shape index (κ1) is 26.4. The lowest BCUT2D eigenvalue weighted by Crippen LogP contribution is -2.53. The number of aromatic amines is 1. The lowest BCUT2D eigenvalue weighted by molar-refractivity contribution is -0.138. The number of rotatable bonds is 9. The molecule has 0 radical (unpaired) electrons. The Hall–Kier alpha value is -3.70. The van der Waals surface area contributed by atoms with Gasteiger partial charge >= 0.3 is 6.18 Å². The summed E-state index contributed by atoms with van der Waals surface area (Å²) in [6.07, 6.45) is -2.31. The third-order valence-corrected chi connectivity index (χ3v) is 6.18. The first-order chi connectivity index (χ1) is 17.8. The van der Waals surface area contributed by atoms with Crippen molar-refractivity contribution in [3.8, 4) is 6.07 Å². The molecule has 1 N–H and O–H groups in total. The summed E-state index contributed by atoms with van der Waals surface area (Å²) in [5.41, 5.74) is -2.30. The molecule has 2 saturated heterocycles. The Labute approximate surface area is 210 Å². The van der Waals surface area contributed by atoms with Crippen LogP contribution in [-0.2, 0) is 20.4 Å². The summed E-state index contributed by atoms with van der Waals surface area (Å²) >= 11 is 0. The van der Waals surface area contributed by atoms with Crippen molar-refractivity contribution in [3.63, 3.8) is 0 Å². The minimum Gasteiger partial charge on any atom is -0.379 e. The summed E-state index contributed by atoms with van der Waals surface area (Å²) in [4.78, 5) is 33.5. The van der Waals surface area contributed by atoms with Crippen molar-refractivity contribution in [3.05, 3.63) is 46.0 Å². The van der Waals surface area contributed by atoms with Crippen LogP contribution in [0.5, 0.6) is 0 Å². The molecule has 2 aliphatic heterocycles. The van der Waals surface area contributed by atoms with Crippen LogP contribution < -0.4 is 15.4 Å². The van der Waals surface area contributed by atoms with Gasteiger partial charge in [-0.1, -0.05) is 0 Å². The van der Waals surface area contributed by atoms with Crippen LogP contribution in [-0.4, -0.2) is 91.2 Å². The number of carbonyl (C=O) groups excluding carboxylic acids is 1. The molecule has 0 spiro atoms. The van der Waals surface area contributed by atoms with Gasteiger partial charge < -0.3 is 24.2 Å². The van der Waals surface area contributed by atoms with E-state index in [2.05, 4.69) is 15.0 Å². The Morgan fingerprint density at radius 2 is 1.86 bits per heavy atom. The second-order valence-corrected chi connectivity index (χ2v) is 8.60. The number of nitrogens with one attached hydrogen (secondary N) is 1. The Morgan fingerprint density at radius 1 is 1.11 bits per heavy atom. The molecule has 1 amide bonds. The van der Waals surface area contributed by atoms with E-state index in [-0.39, 0.29) is 57.0 Å². The van der Waals surface area contributed by atoms with Crippen molar-refractivity contribution in [2.45, 2.75) is 18.7 Å². The predicted molar refractivity (Wildman–Crippen MR) is 125 cm³/mol. The lowest BCUT2D eigenvalue weighted by atomic mass is 10.1. The normalized spacial score (nSPS) is 16.4. The third-order valence-electron chi connectivity index (χ3n) is 6.18. The van der Waals surface area contributed by atoms with Crippen molar-refractivity contribution in [2.24, 2.45) is 0 Å². The molecule has 2 aliphatic rings. The molecule has 0 unspecified atom stereocenters. The Kier molecular flexibility index (Phi) is 8.24. The second kappa shape index (κ2) is 11.6. The van der Waals surface area contributed by atoms with E-state index in [1.54, 1.807) is 17.0 Å². The van der Waals surface area contributed by atoms with Crippen molar-refractivity contribution < 1.29 is 27.4 Å². The zero-order valence-electron chi connectivity index (χ0n) is 19.9. The molecule has 2 aromatic rings. The number of hydrogen-bond donors (Lipinski definition) is 1. The molecular weight excluding hydrogens is 495 g/mol. The van der Waals surface area contributed by atoms with E-state index in [9.17, 15) is 22.8 Å². The van der Waals surface area contributed by atoms with Gasteiger partial charge in [-0.25, -0.2) is 10.1 Å². The molecule has 4 heterocycles. The van der Waals surface area contributed by atoms with E-state index in [4.69, 9.17) is 14.7 Å². The highest BCUT2D eigenvalue weighted by Crippen LogP contribution is 2.35. The summed E-state index contributed by atoms with van der Waals surface area (Å²) in [6.45, 7) is 3.58. The number of anilines is 2. The number of amides is 1. The molecule has 0 saturated carbocycles. The van der Waals surface area contributed by atoms with E-state index in [1.165, 1.54) is 11.1 Å². The van der Waals surface area contributed by atoms with Crippen molar-refractivity contribution in [2.75, 3.05) is 68.9 Å². The number of pyridine rings is 1. The van der Waals surface area contributed by atoms with Crippen LogP contribution >= 0.6 is 0 Å². The summed E-state index contributed by atoms with van der Waals surface area (Å²) in [5, 5.41) is 14.2. The number of piperazine rings is 1. The molecule has 37 heavy (non-hydrogen) atoms. The number of nitriles is 1. The van der Waals surface area contributed by atoms with E-state index >= 15 is 0 Å². The predicted octanol–water partition coefficient (Wildman–Crippen LogP) is 1.02. The maximum atomic E-state index is 13.2. The zero-order valence-corrected chi connectivity index (χ0v) is 19.9. The Morgan fingerprint density at radius 3 is 2.51 bits per heavy atom. The number of carbonyl (C=O) groups is 1. The number of alkyl halides is 3. The number of halogens is 3. The summed E-state index contributed by atoms with van der Waals surface area (Å²) in [5.74, 6) is 0.772. The van der Waals surface area contributed by atoms with Gasteiger partial charge in [-0.15, -0.1) is 0 Å². The zero-order chi connectivity index (χ0) is 26.4. The quantitative estimate of drug-likeness (QED) is 0.481. The smallest absolute Gasteiger partial charge is 0.379 e. The van der Waals surface area contributed by atoms with Crippen LogP contribution in [0.3, 0.4) is 0 Å². The van der Waals surface area contributed by atoms with E-state index in [0.717, 1.165) is 12.0 Å². The fourth-order valence-corrected chi connectivity index (χ4v) is 4.16. The molecule has 4 rings (SSSR count). The molecule has 198 valence electrons. The highest BCUT2D eigenvalue weighted by Gasteiger charge is 2.41. The van der Waals surface area contributed by atoms with Gasteiger partial charge in [0.05, 0.1) is 49.8 Å². The molecule has 0 aliphatic carbocycles. The SMILES string of the molecule is N#Cc1ccc(N2CCN(C(=O)CCOCCOC3CN(c4cn[nH]c(=O)c4C(F)(F)F)C3)CC2)nc1. The van der Waals surface area contributed by atoms with E-state index in [0.29, 0.717) is 31.7 Å². The highest BCUT2D eigenvalue weighted by atomic mass is 19.4. The first-order valence-electron chi connectivity index (χ1n) is 11.7. The summed E-state index contributed by atoms with van der Waals surface area (Å²) in [7, 11) is 0. The van der Waals surface area contributed by atoms with Crippen LogP contribution in [0.15, 0.2) is 29.3 Å². The maximum Gasteiger partial charge on any atom is 0.423 e. The van der Waals surface area contributed by atoms with E-state index in [1.807, 2.05) is 11.2 Å². The first-order valence-corrected chi connectivity index (χ1v) is 11.7. The van der Waals surface area contributed by atoms with Crippen LogP contribution in [0, 0.1) is 11.3 Å². The minimum atomic E-state index is -4.78. The van der Waals surface area contributed by atoms with Crippen LogP contribution in [0.1, 0.15) is 17.5 Å². The van der Waals surface area contributed by atoms with Gasteiger partial charge in [0.25, 0.3) is 5.56 Å². The fraction of sp³-hybridized carbons (Fsp3) is 0.522. The second-order valence-electron chi connectivity index (χ2n) is 8.60. The standard InChI is InChI=1S/C23H26F3N7O4/c24-23(25,26)21-18(13-29-30-22(21)35)33-14-17(15-33)37-10-9-36-8-3-20(34)32-6-4-31(5-7-32)19-2-1-16(11-27)12-28-19/h1-2,12-13,17H,3-10,14-15H2,(H,30,35).